The van der Waals surface area contributed by atoms with Crippen molar-refractivity contribution >= 4 is 0 Å². The van der Waals surface area contributed by atoms with Crippen LogP contribution in [0.4, 0.5) is 0 Å². The molecule has 1 heterocycles. The van der Waals surface area contributed by atoms with Gasteiger partial charge in [0.05, 0.1) is 0 Å². The lowest BCUT2D eigenvalue weighted by Crippen LogP contribution is -2.52. The number of nitrogens with two attached hydrogens (primary N) is 1. The lowest BCUT2D eigenvalue weighted by atomic mass is 9.66. The van der Waals surface area contributed by atoms with Gasteiger partial charge in [-0.3, -0.25) is 0 Å². The van der Waals surface area contributed by atoms with Crippen molar-refractivity contribution in [3.05, 3.63) is 29.3 Å². The fraction of sp³-hybridized carbons (Fsp3) is 0.647. The summed E-state index contributed by atoms with van der Waals surface area (Å²) in [6.07, 6.45) is 4.70. The Hall–Kier alpha value is -1.02. The molecule has 0 amide bonds. The van der Waals surface area contributed by atoms with Crippen molar-refractivity contribution in [1.29, 1.82) is 0 Å². The Morgan fingerprint density at radius 2 is 2.11 bits per heavy atom. The largest absolute Gasteiger partial charge is 0.487 e. The molecule has 1 saturated carbocycles. The van der Waals surface area contributed by atoms with Crippen molar-refractivity contribution in [2.45, 2.75) is 58.1 Å². The molecule has 2 nitrogen and oxygen atoms in total. The van der Waals surface area contributed by atoms with Crippen molar-refractivity contribution in [1.82, 2.24) is 0 Å². The van der Waals surface area contributed by atoms with Crippen LogP contribution in [0.25, 0.3) is 0 Å². The first-order valence-corrected chi connectivity index (χ1v) is 7.57. The van der Waals surface area contributed by atoms with Gasteiger partial charge in [-0.1, -0.05) is 38.0 Å². The summed E-state index contributed by atoms with van der Waals surface area (Å²) in [6, 6.07) is 6.54. The van der Waals surface area contributed by atoms with Crippen LogP contribution in [0.3, 0.4) is 0 Å². The molecule has 0 bridgehead atoms. The lowest BCUT2D eigenvalue weighted by Gasteiger charge is -2.50. The molecule has 1 aromatic carbocycles. The van der Waals surface area contributed by atoms with Crippen LogP contribution in [0.1, 0.15) is 56.7 Å². The van der Waals surface area contributed by atoms with Gasteiger partial charge < -0.3 is 10.5 Å². The standard InChI is InChI=1S/C17H25NO/c1-11-6-7-16-14(9-11)15(18)10-17(19-16)8-4-5-12(2)13(17)3/h6-7,9,12-13,15H,4-5,8,10,18H2,1-3H3/t12?,13?,15-,17?/m1/s1. The third-order valence-corrected chi connectivity index (χ3v) is 5.39. The van der Waals surface area contributed by atoms with Gasteiger partial charge in [-0.2, -0.15) is 0 Å². The maximum Gasteiger partial charge on any atom is 0.124 e. The SMILES string of the molecule is Cc1ccc2c(c1)[C@H](N)CC1(CCCC(C)C1C)O2. The Bertz CT molecular complexity index is 484. The van der Waals surface area contributed by atoms with E-state index in [2.05, 4.69) is 39.0 Å². The zero-order valence-electron chi connectivity index (χ0n) is 12.3. The number of rotatable bonds is 0. The van der Waals surface area contributed by atoms with Gasteiger partial charge in [-0.05, 0) is 37.7 Å². The highest BCUT2D eigenvalue weighted by atomic mass is 16.5. The maximum atomic E-state index is 6.49. The molecule has 104 valence electrons. The third kappa shape index (κ3) is 2.06. The Labute approximate surface area is 116 Å². The molecule has 4 atom stereocenters. The minimum Gasteiger partial charge on any atom is -0.487 e. The molecule has 2 aliphatic rings. The van der Waals surface area contributed by atoms with Crippen LogP contribution < -0.4 is 10.5 Å². The maximum absolute atomic E-state index is 6.49. The van der Waals surface area contributed by atoms with Gasteiger partial charge in [0, 0.05) is 18.0 Å². The molecule has 2 heteroatoms. The van der Waals surface area contributed by atoms with Crippen LogP contribution >= 0.6 is 0 Å². The Kier molecular flexibility index (Phi) is 3.09. The molecule has 1 aliphatic heterocycles. The van der Waals surface area contributed by atoms with E-state index in [1.807, 2.05) is 0 Å². The van der Waals surface area contributed by atoms with Crippen molar-refractivity contribution < 1.29 is 4.74 Å². The molecule has 0 saturated heterocycles. The lowest BCUT2D eigenvalue weighted by molar-refractivity contribution is -0.0614. The van der Waals surface area contributed by atoms with Crippen LogP contribution in [0.15, 0.2) is 18.2 Å². The highest BCUT2D eigenvalue weighted by Gasteiger charge is 2.47. The highest BCUT2D eigenvalue weighted by Crippen LogP contribution is 2.49. The van der Waals surface area contributed by atoms with Crippen molar-refractivity contribution in [3.63, 3.8) is 0 Å². The van der Waals surface area contributed by atoms with Crippen LogP contribution in [-0.4, -0.2) is 5.60 Å². The van der Waals surface area contributed by atoms with E-state index in [4.69, 9.17) is 10.5 Å². The van der Waals surface area contributed by atoms with E-state index < -0.39 is 0 Å². The van der Waals surface area contributed by atoms with Gasteiger partial charge in [0.15, 0.2) is 0 Å². The molecular weight excluding hydrogens is 234 g/mol. The first-order valence-electron chi connectivity index (χ1n) is 7.57. The quantitative estimate of drug-likeness (QED) is 0.765. The Morgan fingerprint density at radius 3 is 2.89 bits per heavy atom. The molecule has 3 unspecified atom stereocenters. The molecule has 1 spiro atoms. The molecule has 0 aromatic heterocycles. The fourth-order valence-corrected chi connectivity index (χ4v) is 3.94. The van der Waals surface area contributed by atoms with E-state index in [0.717, 1.165) is 24.5 Å². The number of hydrogen-bond acceptors (Lipinski definition) is 2. The normalized spacial score (nSPS) is 37.8. The summed E-state index contributed by atoms with van der Waals surface area (Å²) in [7, 11) is 0. The minimum atomic E-state index is -0.0284. The summed E-state index contributed by atoms with van der Waals surface area (Å²) in [4.78, 5) is 0. The van der Waals surface area contributed by atoms with Gasteiger partial charge >= 0.3 is 0 Å². The van der Waals surface area contributed by atoms with Crippen molar-refractivity contribution in [2.75, 3.05) is 0 Å². The van der Waals surface area contributed by atoms with Crippen molar-refractivity contribution in [3.8, 4) is 5.75 Å². The number of ether oxygens (including phenoxy) is 1. The van der Waals surface area contributed by atoms with E-state index in [0.29, 0.717) is 5.92 Å². The molecule has 3 rings (SSSR count). The van der Waals surface area contributed by atoms with Gasteiger partial charge in [0.25, 0.3) is 0 Å². The smallest absolute Gasteiger partial charge is 0.124 e. The third-order valence-electron chi connectivity index (χ3n) is 5.39. The summed E-state index contributed by atoms with van der Waals surface area (Å²) in [5, 5.41) is 0. The Morgan fingerprint density at radius 1 is 1.32 bits per heavy atom. The number of hydrogen-bond donors (Lipinski definition) is 1. The van der Waals surface area contributed by atoms with E-state index in [-0.39, 0.29) is 11.6 Å². The predicted molar refractivity (Wildman–Crippen MR) is 78.3 cm³/mol. The highest BCUT2D eigenvalue weighted by molar-refractivity contribution is 5.41. The van der Waals surface area contributed by atoms with Crippen LogP contribution in [0, 0.1) is 18.8 Å². The predicted octanol–water partition coefficient (Wildman–Crippen LogP) is 3.97. The second-order valence-corrected chi connectivity index (χ2v) is 6.68. The zero-order valence-corrected chi connectivity index (χ0v) is 12.3. The molecule has 1 aliphatic carbocycles. The average Bonchev–Trinajstić information content (AvgIpc) is 2.37. The zero-order chi connectivity index (χ0) is 13.6. The summed E-state index contributed by atoms with van der Waals surface area (Å²) >= 11 is 0. The topological polar surface area (TPSA) is 35.2 Å². The number of aryl methyl sites for hydroxylation is 1. The van der Waals surface area contributed by atoms with Gasteiger partial charge in [-0.15, -0.1) is 0 Å². The number of benzene rings is 1. The number of fused-ring (bicyclic) bond motifs is 1. The molecule has 0 radical (unpaired) electrons. The summed E-state index contributed by atoms with van der Waals surface area (Å²) in [5.74, 6) is 2.33. The first kappa shape index (κ1) is 13.0. The molecule has 2 N–H and O–H groups in total. The van der Waals surface area contributed by atoms with Crippen LogP contribution in [0.5, 0.6) is 5.75 Å². The second kappa shape index (κ2) is 4.52. The minimum absolute atomic E-state index is 0.0284. The van der Waals surface area contributed by atoms with Gasteiger partial charge in [0.2, 0.25) is 0 Å². The summed E-state index contributed by atoms with van der Waals surface area (Å²) in [6.45, 7) is 6.81. The summed E-state index contributed by atoms with van der Waals surface area (Å²) in [5.41, 5.74) is 8.87. The monoisotopic (exact) mass is 259 g/mol. The van der Waals surface area contributed by atoms with Crippen LogP contribution in [0.2, 0.25) is 0 Å². The first-order chi connectivity index (χ1) is 9.02. The van der Waals surface area contributed by atoms with Gasteiger partial charge in [-0.25, -0.2) is 0 Å². The molecular formula is C17H25NO. The fourth-order valence-electron chi connectivity index (χ4n) is 3.94. The van der Waals surface area contributed by atoms with E-state index >= 15 is 0 Å². The van der Waals surface area contributed by atoms with Crippen LogP contribution in [-0.2, 0) is 0 Å². The molecule has 19 heavy (non-hydrogen) atoms. The molecule has 1 fully saturated rings. The average molecular weight is 259 g/mol. The summed E-state index contributed by atoms with van der Waals surface area (Å²) < 4.78 is 6.49. The Balaban J connectivity index is 1.98. The molecule has 1 aromatic rings. The van der Waals surface area contributed by atoms with Crippen molar-refractivity contribution in [2.24, 2.45) is 17.6 Å². The van der Waals surface area contributed by atoms with E-state index in [9.17, 15) is 0 Å². The van der Waals surface area contributed by atoms with E-state index in [1.54, 1.807) is 0 Å². The second-order valence-electron chi connectivity index (χ2n) is 6.68. The van der Waals surface area contributed by atoms with Gasteiger partial charge in [0.1, 0.15) is 11.4 Å². The van der Waals surface area contributed by atoms with E-state index in [1.165, 1.54) is 24.0 Å².